The highest BCUT2D eigenvalue weighted by atomic mass is 35.5. The van der Waals surface area contributed by atoms with Gasteiger partial charge in [-0.25, -0.2) is 4.79 Å². The number of rotatable bonds is 5. The average molecular weight is 302 g/mol. The van der Waals surface area contributed by atoms with Gasteiger partial charge in [0.1, 0.15) is 0 Å². The molecule has 4 heteroatoms. The first kappa shape index (κ1) is 14.0. The SMILES string of the molecule is O=C(O)C(Nc1ccc(Cl)cc1)c1cccc(C2CC2)c1. The molecule has 0 saturated heterocycles. The van der Waals surface area contributed by atoms with E-state index >= 15 is 0 Å². The number of anilines is 1. The zero-order valence-electron chi connectivity index (χ0n) is 11.4. The van der Waals surface area contributed by atoms with Crippen molar-refractivity contribution in [3.05, 3.63) is 64.7 Å². The highest BCUT2D eigenvalue weighted by molar-refractivity contribution is 6.30. The first-order valence-electron chi connectivity index (χ1n) is 6.98. The van der Waals surface area contributed by atoms with E-state index in [4.69, 9.17) is 11.6 Å². The van der Waals surface area contributed by atoms with Crippen molar-refractivity contribution < 1.29 is 9.90 Å². The van der Waals surface area contributed by atoms with E-state index < -0.39 is 12.0 Å². The number of carboxylic acid groups (broad SMARTS) is 1. The third-order valence-electron chi connectivity index (χ3n) is 3.69. The molecule has 1 fully saturated rings. The van der Waals surface area contributed by atoms with Crippen LogP contribution >= 0.6 is 11.6 Å². The molecule has 1 aliphatic rings. The fraction of sp³-hybridized carbons (Fsp3) is 0.235. The molecule has 0 aromatic heterocycles. The van der Waals surface area contributed by atoms with Crippen molar-refractivity contribution in [2.75, 3.05) is 5.32 Å². The van der Waals surface area contributed by atoms with Gasteiger partial charge in [0.05, 0.1) is 0 Å². The van der Waals surface area contributed by atoms with Gasteiger partial charge >= 0.3 is 5.97 Å². The number of hydrogen-bond donors (Lipinski definition) is 2. The largest absolute Gasteiger partial charge is 0.479 e. The van der Waals surface area contributed by atoms with Gasteiger partial charge in [-0.15, -0.1) is 0 Å². The van der Waals surface area contributed by atoms with Crippen LogP contribution in [-0.2, 0) is 4.79 Å². The van der Waals surface area contributed by atoms with Gasteiger partial charge in [-0.05, 0) is 54.2 Å². The van der Waals surface area contributed by atoms with E-state index in [-0.39, 0.29) is 0 Å². The van der Waals surface area contributed by atoms with Crippen LogP contribution in [-0.4, -0.2) is 11.1 Å². The lowest BCUT2D eigenvalue weighted by molar-refractivity contribution is -0.138. The van der Waals surface area contributed by atoms with Gasteiger partial charge in [0.2, 0.25) is 0 Å². The molecule has 0 amide bonds. The summed E-state index contributed by atoms with van der Waals surface area (Å²) >= 11 is 5.85. The van der Waals surface area contributed by atoms with Crippen LogP contribution in [0.4, 0.5) is 5.69 Å². The van der Waals surface area contributed by atoms with E-state index in [0.717, 1.165) is 11.3 Å². The smallest absolute Gasteiger partial charge is 0.330 e. The minimum absolute atomic E-state index is 0.606. The lowest BCUT2D eigenvalue weighted by Gasteiger charge is -2.17. The maximum Gasteiger partial charge on any atom is 0.330 e. The minimum atomic E-state index is -0.891. The van der Waals surface area contributed by atoms with Crippen molar-refractivity contribution in [3.8, 4) is 0 Å². The van der Waals surface area contributed by atoms with Crippen molar-refractivity contribution in [3.63, 3.8) is 0 Å². The van der Waals surface area contributed by atoms with Crippen LogP contribution in [0.3, 0.4) is 0 Å². The van der Waals surface area contributed by atoms with E-state index in [1.165, 1.54) is 18.4 Å². The zero-order valence-corrected chi connectivity index (χ0v) is 12.2. The van der Waals surface area contributed by atoms with Crippen molar-refractivity contribution in [2.24, 2.45) is 0 Å². The Labute approximate surface area is 128 Å². The summed E-state index contributed by atoms with van der Waals surface area (Å²) in [4.78, 5) is 11.6. The highest BCUT2D eigenvalue weighted by Gasteiger charge is 2.26. The standard InChI is InChI=1S/C17H16ClNO2/c18-14-6-8-15(9-7-14)19-16(17(20)21)13-3-1-2-12(10-13)11-4-5-11/h1-3,6-11,16,19H,4-5H2,(H,20,21). The number of nitrogens with one attached hydrogen (secondary N) is 1. The first-order chi connectivity index (χ1) is 10.1. The topological polar surface area (TPSA) is 49.3 Å². The Morgan fingerprint density at radius 1 is 1.19 bits per heavy atom. The van der Waals surface area contributed by atoms with Crippen LogP contribution in [0.15, 0.2) is 48.5 Å². The molecule has 0 aliphatic heterocycles. The third-order valence-corrected chi connectivity index (χ3v) is 3.95. The van der Waals surface area contributed by atoms with Gasteiger partial charge in [-0.3, -0.25) is 0 Å². The summed E-state index contributed by atoms with van der Waals surface area (Å²) in [6, 6.07) is 14.1. The molecule has 1 saturated carbocycles. The Bertz CT molecular complexity index is 650. The Morgan fingerprint density at radius 3 is 2.52 bits per heavy atom. The molecule has 21 heavy (non-hydrogen) atoms. The molecule has 0 bridgehead atoms. The number of carbonyl (C=O) groups is 1. The fourth-order valence-electron chi connectivity index (χ4n) is 2.41. The Hall–Kier alpha value is -2.00. The maximum absolute atomic E-state index is 11.6. The Morgan fingerprint density at radius 2 is 1.90 bits per heavy atom. The van der Waals surface area contributed by atoms with Crippen molar-refractivity contribution in [2.45, 2.75) is 24.8 Å². The molecule has 108 valence electrons. The normalized spacial score (nSPS) is 15.5. The zero-order chi connectivity index (χ0) is 14.8. The van der Waals surface area contributed by atoms with Gasteiger partial charge in [0, 0.05) is 10.7 Å². The summed E-state index contributed by atoms with van der Waals surface area (Å²) < 4.78 is 0. The summed E-state index contributed by atoms with van der Waals surface area (Å²) in [5.74, 6) is -0.284. The fourth-order valence-corrected chi connectivity index (χ4v) is 2.54. The van der Waals surface area contributed by atoms with Gasteiger partial charge in [-0.2, -0.15) is 0 Å². The number of halogens is 1. The van der Waals surface area contributed by atoms with E-state index in [2.05, 4.69) is 11.4 Å². The molecule has 0 heterocycles. The Balaban J connectivity index is 1.85. The molecule has 0 spiro atoms. The molecule has 1 atom stereocenters. The number of aliphatic carboxylic acids is 1. The molecule has 1 aliphatic carbocycles. The lowest BCUT2D eigenvalue weighted by atomic mass is 10.0. The van der Waals surface area contributed by atoms with Crippen LogP contribution in [0, 0.1) is 0 Å². The lowest BCUT2D eigenvalue weighted by Crippen LogP contribution is -2.20. The van der Waals surface area contributed by atoms with E-state index in [9.17, 15) is 9.90 Å². The molecule has 3 rings (SSSR count). The van der Waals surface area contributed by atoms with Crippen molar-refractivity contribution >= 4 is 23.3 Å². The van der Waals surface area contributed by atoms with Crippen molar-refractivity contribution in [1.29, 1.82) is 0 Å². The maximum atomic E-state index is 11.6. The molecule has 2 aromatic carbocycles. The summed E-state index contributed by atoms with van der Waals surface area (Å²) in [7, 11) is 0. The highest BCUT2D eigenvalue weighted by Crippen LogP contribution is 2.40. The van der Waals surface area contributed by atoms with Crippen LogP contribution < -0.4 is 5.32 Å². The van der Waals surface area contributed by atoms with E-state index in [0.29, 0.717) is 10.9 Å². The van der Waals surface area contributed by atoms with Crippen LogP contribution in [0.1, 0.15) is 35.9 Å². The quantitative estimate of drug-likeness (QED) is 0.857. The van der Waals surface area contributed by atoms with Crippen LogP contribution in [0.5, 0.6) is 0 Å². The summed E-state index contributed by atoms with van der Waals surface area (Å²) in [5, 5.41) is 13.2. The second-order valence-electron chi connectivity index (χ2n) is 5.37. The second kappa shape index (κ2) is 5.78. The van der Waals surface area contributed by atoms with E-state index in [1.807, 2.05) is 18.2 Å². The molecule has 2 aromatic rings. The molecular formula is C17H16ClNO2. The predicted octanol–water partition coefficient (Wildman–Crippen LogP) is 4.46. The average Bonchev–Trinajstić information content (AvgIpc) is 3.31. The number of benzene rings is 2. The molecule has 0 radical (unpaired) electrons. The Kier molecular flexibility index (Phi) is 3.84. The molecular weight excluding hydrogens is 286 g/mol. The molecule has 3 nitrogen and oxygen atoms in total. The predicted molar refractivity (Wildman–Crippen MR) is 83.9 cm³/mol. The first-order valence-corrected chi connectivity index (χ1v) is 7.36. The van der Waals surface area contributed by atoms with Crippen LogP contribution in [0.25, 0.3) is 0 Å². The third kappa shape index (κ3) is 3.37. The number of hydrogen-bond acceptors (Lipinski definition) is 2. The second-order valence-corrected chi connectivity index (χ2v) is 5.80. The van der Waals surface area contributed by atoms with E-state index in [1.54, 1.807) is 24.3 Å². The van der Waals surface area contributed by atoms with Gasteiger partial charge < -0.3 is 10.4 Å². The molecule has 2 N–H and O–H groups in total. The minimum Gasteiger partial charge on any atom is -0.479 e. The number of carboxylic acids is 1. The summed E-state index contributed by atoms with van der Waals surface area (Å²) in [6.45, 7) is 0. The monoisotopic (exact) mass is 301 g/mol. The van der Waals surface area contributed by atoms with Crippen molar-refractivity contribution in [1.82, 2.24) is 0 Å². The summed E-state index contributed by atoms with van der Waals surface area (Å²) in [5.41, 5.74) is 2.75. The van der Waals surface area contributed by atoms with Gasteiger partial charge in [-0.1, -0.05) is 35.9 Å². The van der Waals surface area contributed by atoms with Gasteiger partial charge in [0.25, 0.3) is 0 Å². The summed E-state index contributed by atoms with van der Waals surface area (Å²) in [6.07, 6.45) is 2.40. The van der Waals surface area contributed by atoms with Gasteiger partial charge in [0.15, 0.2) is 6.04 Å². The van der Waals surface area contributed by atoms with Crippen LogP contribution in [0.2, 0.25) is 5.02 Å². The molecule has 1 unspecified atom stereocenters.